The van der Waals surface area contributed by atoms with Crippen LogP contribution in [0.1, 0.15) is 10.4 Å². The number of aryl methyl sites for hydroxylation is 1. The third-order valence-electron chi connectivity index (χ3n) is 3.90. The van der Waals surface area contributed by atoms with E-state index in [1.807, 2.05) is 6.07 Å². The number of rotatable bonds is 2. The number of thiophene rings is 1. The third-order valence-corrected chi connectivity index (χ3v) is 6.14. The van der Waals surface area contributed by atoms with E-state index in [2.05, 4.69) is 21.0 Å². The lowest BCUT2D eigenvalue weighted by Crippen LogP contribution is -2.07. The molecule has 1 aliphatic rings. The van der Waals surface area contributed by atoms with Crippen molar-refractivity contribution in [3.63, 3.8) is 0 Å². The summed E-state index contributed by atoms with van der Waals surface area (Å²) in [6.07, 6.45) is 0.0459. The molecule has 4 rings (SSSR count). The summed E-state index contributed by atoms with van der Waals surface area (Å²) >= 11 is 17.5. The van der Waals surface area contributed by atoms with Gasteiger partial charge in [0.15, 0.2) is 0 Å². The van der Waals surface area contributed by atoms with Crippen molar-refractivity contribution in [2.24, 2.45) is 0 Å². The number of carbonyl (C=O) groups is 1. The minimum absolute atomic E-state index is 0.0847. The van der Waals surface area contributed by atoms with Gasteiger partial charge in [-0.2, -0.15) is 0 Å². The van der Waals surface area contributed by atoms with Gasteiger partial charge in [0.2, 0.25) is 5.88 Å². The first-order valence-corrected chi connectivity index (χ1v) is 9.57. The van der Waals surface area contributed by atoms with Gasteiger partial charge in [0, 0.05) is 21.0 Å². The Morgan fingerprint density at radius 1 is 1.32 bits per heavy atom. The molecule has 1 aromatic carbocycles. The molecule has 128 valence electrons. The number of benzene rings is 1. The van der Waals surface area contributed by atoms with Gasteiger partial charge >= 0.3 is 6.16 Å². The van der Waals surface area contributed by atoms with Crippen molar-refractivity contribution in [1.29, 1.82) is 0 Å². The van der Waals surface area contributed by atoms with Gasteiger partial charge in [0.25, 0.3) is 0 Å². The summed E-state index contributed by atoms with van der Waals surface area (Å²) < 4.78 is 7.54. The molecule has 5 nitrogen and oxygen atoms in total. The minimum Gasteiger partial charge on any atom is -0.449 e. The van der Waals surface area contributed by atoms with Gasteiger partial charge in [-0.15, -0.1) is 16.4 Å². The first-order valence-electron chi connectivity index (χ1n) is 7.20. The number of ether oxygens (including phenoxy) is 1. The fraction of sp³-hybridized carbons (Fsp3) is 0.125. The minimum atomic E-state index is -1.40. The number of nitrogens with zero attached hydrogens (tertiary/aromatic N) is 2. The van der Waals surface area contributed by atoms with Crippen LogP contribution < -0.4 is 4.74 Å². The number of hydrogen-bond acceptors (Lipinski definition) is 4. The maximum absolute atomic E-state index is 11.0. The van der Waals surface area contributed by atoms with Crippen LogP contribution in [0.3, 0.4) is 0 Å². The molecule has 3 aromatic rings. The van der Waals surface area contributed by atoms with E-state index in [-0.39, 0.29) is 5.88 Å². The molecular formula is C16H9BrCl2N2O3S. The summed E-state index contributed by atoms with van der Waals surface area (Å²) in [5.41, 5.74) is 3.16. The van der Waals surface area contributed by atoms with E-state index in [1.165, 1.54) is 4.88 Å². The molecule has 0 saturated carbocycles. The van der Waals surface area contributed by atoms with E-state index in [0.29, 0.717) is 22.2 Å². The van der Waals surface area contributed by atoms with Crippen LogP contribution in [-0.2, 0) is 12.8 Å². The lowest BCUT2D eigenvalue weighted by molar-refractivity contribution is 0.142. The Morgan fingerprint density at radius 2 is 2.12 bits per heavy atom. The van der Waals surface area contributed by atoms with Crippen LogP contribution in [0.25, 0.3) is 16.9 Å². The number of hydrogen-bond donors (Lipinski definition) is 1. The van der Waals surface area contributed by atoms with Crippen LogP contribution in [0.2, 0.25) is 10.0 Å². The lowest BCUT2D eigenvalue weighted by Gasteiger charge is -2.15. The normalized spacial score (nSPS) is 12.6. The molecular weight excluding hydrogens is 451 g/mol. The fourth-order valence-electron chi connectivity index (χ4n) is 2.95. The summed E-state index contributed by atoms with van der Waals surface area (Å²) in [7, 11) is 0. The highest BCUT2D eigenvalue weighted by atomic mass is 79.9. The average molecular weight is 460 g/mol. The predicted molar refractivity (Wildman–Crippen MR) is 101 cm³/mol. The standard InChI is InChI=1S/C16H9BrCl2N2O3S/c17-13-6-9-12(25-13)4-2-8-14(9)21(20-15(8)24-16(22)23)11-3-1-7(18)5-10(11)19/h1,3,5-6H,2,4H2,(H,22,23). The van der Waals surface area contributed by atoms with Crippen molar-refractivity contribution in [3.8, 4) is 22.8 Å². The number of fused-ring (bicyclic) bond motifs is 3. The molecule has 1 aliphatic carbocycles. The molecule has 0 aliphatic heterocycles. The first-order chi connectivity index (χ1) is 11.9. The van der Waals surface area contributed by atoms with Crippen molar-refractivity contribution in [3.05, 3.63) is 48.5 Å². The zero-order chi connectivity index (χ0) is 17.7. The van der Waals surface area contributed by atoms with Crippen LogP contribution in [0.4, 0.5) is 4.79 Å². The Balaban J connectivity index is 1.99. The Kier molecular flexibility index (Phi) is 4.27. The average Bonchev–Trinajstić information content (AvgIpc) is 3.06. The molecule has 9 heteroatoms. The molecule has 0 atom stereocenters. The smallest absolute Gasteiger partial charge is 0.449 e. The van der Waals surface area contributed by atoms with Crippen LogP contribution in [0, 0.1) is 0 Å². The Labute approximate surface area is 164 Å². The predicted octanol–water partition coefficient (Wildman–Crippen LogP) is 5.83. The van der Waals surface area contributed by atoms with Crippen molar-refractivity contribution in [1.82, 2.24) is 9.78 Å². The van der Waals surface area contributed by atoms with E-state index in [0.717, 1.165) is 27.0 Å². The number of aromatic nitrogens is 2. The third kappa shape index (κ3) is 2.95. The highest BCUT2D eigenvalue weighted by molar-refractivity contribution is 9.11. The quantitative estimate of drug-likeness (QED) is 0.490. The summed E-state index contributed by atoms with van der Waals surface area (Å²) in [5, 5.41) is 14.3. The van der Waals surface area contributed by atoms with E-state index >= 15 is 0 Å². The van der Waals surface area contributed by atoms with E-state index in [1.54, 1.807) is 34.2 Å². The zero-order valence-electron chi connectivity index (χ0n) is 12.4. The maximum Gasteiger partial charge on any atom is 0.512 e. The SMILES string of the molecule is O=C(O)Oc1nn(-c2ccc(Cl)cc2Cl)c2c1CCc1sc(Br)cc1-2. The van der Waals surface area contributed by atoms with Gasteiger partial charge in [-0.3, -0.25) is 0 Å². The van der Waals surface area contributed by atoms with Gasteiger partial charge in [0.1, 0.15) is 0 Å². The maximum atomic E-state index is 11.0. The Morgan fingerprint density at radius 3 is 2.84 bits per heavy atom. The van der Waals surface area contributed by atoms with Crippen molar-refractivity contribution < 1.29 is 14.6 Å². The largest absolute Gasteiger partial charge is 0.512 e. The van der Waals surface area contributed by atoms with Crippen molar-refractivity contribution in [2.45, 2.75) is 12.8 Å². The molecule has 0 spiro atoms. The second kappa shape index (κ2) is 6.32. The first kappa shape index (κ1) is 16.9. The number of carboxylic acid groups (broad SMARTS) is 1. The Hall–Kier alpha value is -1.54. The zero-order valence-corrected chi connectivity index (χ0v) is 16.3. The second-order valence-electron chi connectivity index (χ2n) is 5.40. The molecule has 0 saturated heterocycles. The van der Waals surface area contributed by atoms with E-state index < -0.39 is 6.16 Å². The monoisotopic (exact) mass is 458 g/mol. The van der Waals surface area contributed by atoms with E-state index in [9.17, 15) is 4.79 Å². The van der Waals surface area contributed by atoms with Gasteiger partial charge in [0.05, 0.1) is 20.2 Å². The summed E-state index contributed by atoms with van der Waals surface area (Å²) in [4.78, 5) is 12.2. The molecule has 1 N–H and O–H groups in total. The topological polar surface area (TPSA) is 64.3 Å². The molecule has 2 heterocycles. The van der Waals surface area contributed by atoms with Gasteiger partial charge in [-0.1, -0.05) is 23.2 Å². The molecule has 0 bridgehead atoms. The summed E-state index contributed by atoms with van der Waals surface area (Å²) in [5.74, 6) is 0.0847. The van der Waals surface area contributed by atoms with Gasteiger partial charge in [-0.25, -0.2) is 9.48 Å². The van der Waals surface area contributed by atoms with Crippen LogP contribution in [0.15, 0.2) is 28.1 Å². The van der Waals surface area contributed by atoms with Crippen molar-refractivity contribution >= 4 is 56.6 Å². The highest BCUT2D eigenvalue weighted by Crippen LogP contribution is 2.45. The van der Waals surface area contributed by atoms with Gasteiger partial charge in [-0.05, 0) is 53.0 Å². The molecule has 0 amide bonds. The van der Waals surface area contributed by atoms with Crippen LogP contribution in [0.5, 0.6) is 5.88 Å². The summed E-state index contributed by atoms with van der Waals surface area (Å²) in [6, 6.07) is 7.09. The Bertz CT molecular complexity index is 1020. The molecule has 0 fully saturated rings. The highest BCUT2D eigenvalue weighted by Gasteiger charge is 2.30. The summed E-state index contributed by atoms with van der Waals surface area (Å²) in [6.45, 7) is 0. The molecule has 0 unspecified atom stereocenters. The van der Waals surface area contributed by atoms with Crippen LogP contribution >= 0.6 is 50.5 Å². The van der Waals surface area contributed by atoms with Crippen LogP contribution in [-0.4, -0.2) is 21.0 Å². The lowest BCUT2D eigenvalue weighted by atomic mass is 9.96. The molecule has 2 aromatic heterocycles. The van der Waals surface area contributed by atoms with Crippen molar-refractivity contribution in [2.75, 3.05) is 0 Å². The van der Waals surface area contributed by atoms with E-state index in [4.69, 9.17) is 33.0 Å². The molecule has 0 radical (unpaired) electrons. The molecule has 25 heavy (non-hydrogen) atoms. The second-order valence-corrected chi connectivity index (χ2v) is 8.75. The van der Waals surface area contributed by atoms with Gasteiger partial charge < -0.3 is 9.84 Å². The fourth-order valence-corrected chi connectivity index (χ4v) is 5.13. The number of halogens is 3.